The molecule has 0 aromatic carbocycles. The Kier molecular flexibility index (Phi) is 15.4. The topological polar surface area (TPSA) is 48.8 Å². The lowest BCUT2D eigenvalue weighted by Crippen LogP contribution is -2.58. The summed E-state index contributed by atoms with van der Waals surface area (Å²) in [6, 6.07) is 0.975. The molecule has 2 saturated heterocycles. The molecule has 0 spiro atoms. The first-order valence-corrected chi connectivity index (χ1v) is 17.4. The van der Waals surface area contributed by atoms with Gasteiger partial charge in [0.05, 0.1) is 12.1 Å². The van der Waals surface area contributed by atoms with Crippen molar-refractivity contribution in [2.24, 2.45) is 9.98 Å². The minimum absolute atomic E-state index is 0.197. The van der Waals surface area contributed by atoms with E-state index in [4.69, 9.17) is 9.98 Å². The van der Waals surface area contributed by atoms with Crippen LogP contribution in [-0.2, 0) is 0 Å². The van der Waals surface area contributed by atoms with Crippen LogP contribution >= 0.6 is 0 Å². The molecule has 0 saturated carbocycles. The van der Waals surface area contributed by atoms with Crippen LogP contribution in [0.5, 0.6) is 0 Å². The van der Waals surface area contributed by atoms with E-state index in [1.807, 2.05) is 0 Å². The van der Waals surface area contributed by atoms with Gasteiger partial charge in [0.1, 0.15) is 0 Å². The van der Waals surface area contributed by atoms with Gasteiger partial charge >= 0.3 is 0 Å². The van der Waals surface area contributed by atoms with Gasteiger partial charge in [-0.15, -0.1) is 0 Å². The first-order valence-electron chi connectivity index (χ1n) is 17.4. The number of nitrogens with one attached hydrogen (secondary N) is 2. The van der Waals surface area contributed by atoms with Gasteiger partial charge in [-0.1, -0.05) is 77.0 Å². The van der Waals surface area contributed by atoms with Crippen molar-refractivity contribution in [3.8, 4) is 0 Å². The predicted octanol–water partition coefficient (Wildman–Crippen LogP) is 9.99. The van der Waals surface area contributed by atoms with E-state index in [9.17, 15) is 0 Å². The van der Waals surface area contributed by atoms with Crippen molar-refractivity contribution in [3.05, 3.63) is 0 Å². The van der Waals surface area contributed by atoms with E-state index < -0.39 is 0 Å². The Morgan fingerprint density at radius 2 is 0.650 bits per heavy atom. The summed E-state index contributed by atoms with van der Waals surface area (Å²) in [5.41, 5.74) is 0.787. The summed E-state index contributed by atoms with van der Waals surface area (Å²) in [5.74, 6) is 0. The van der Waals surface area contributed by atoms with E-state index in [0.29, 0.717) is 12.1 Å². The molecule has 2 aliphatic heterocycles. The lowest BCUT2D eigenvalue weighted by molar-refractivity contribution is 0.164. The van der Waals surface area contributed by atoms with Gasteiger partial charge in [-0.3, -0.25) is 9.98 Å². The molecule has 4 nitrogen and oxygen atoms in total. The number of hydrogen-bond donors (Lipinski definition) is 2. The summed E-state index contributed by atoms with van der Waals surface area (Å²) >= 11 is 0. The molecular weight excluding hydrogens is 488 g/mol. The fraction of sp³-hybridized carbons (Fsp3) is 0.944. The molecule has 2 heterocycles. The third-order valence-electron chi connectivity index (χ3n) is 8.89. The van der Waals surface area contributed by atoms with Crippen molar-refractivity contribution < 1.29 is 0 Å². The molecular formula is C36H70N4. The molecule has 0 amide bonds. The number of piperidine rings is 2. The van der Waals surface area contributed by atoms with Crippen LogP contribution in [0, 0.1) is 0 Å². The van der Waals surface area contributed by atoms with Crippen LogP contribution in [0.15, 0.2) is 9.98 Å². The van der Waals surface area contributed by atoms with E-state index in [1.54, 1.807) is 0 Å². The summed E-state index contributed by atoms with van der Waals surface area (Å²) in [4.78, 5) is 9.87. The van der Waals surface area contributed by atoms with Crippen LogP contribution in [0.2, 0.25) is 0 Å². The molecule has 0 radical (unpaired) electrons. The van der Waals surface area contributed by atoms with Crippen molar-refractivity contribution >= 4 is 12.4 Å². The van der Waals surface area contributed by atoms with Gasteiger partial charge in [0.25, 0.3) is 0 Å². The Bertz CT molecular complexity index is 639. The van der Waals surface area contributed by atoms with Crippen molar-refractivity contribution in [1.82, 2.24) is 10.6 Å². The quantitative estimate of drug-likeness (QED) is 0.122. The lowest BCUT2D eigenvalue weighted by atomic mass is 9.80. The Morgan fingerprint density at radius 1 is 0.425 bits per heavy atom. The SMILES string of the molecule is CC1(C)CC(N=CCCCCCCCCCCCCCCCCC=NC2CC(C)(C)NC(C)(C)C2)CC(C)(C)N1. The average molecular weight is 559 g/mol. The monoisotopic (exact) mass is 559 g/mol. The third-order valence-corrected chi connectivity index (χ3v) is 8.89. The normalized spacial score (nSPS) is 22.9. The number of unbranched alkanes of at least 4 members (excludes halogenated alkanes) is 15. The number of nitrogens with zero attached hydrogens (tertiary/aromatic N) is 2. The molecule has 234 valence electrons. The van der Waals surface area contributed by atoms with Crippen LogP contribution < -0.4 is 10.6 Å². The second-order valence-corrected chi connectivity index (χ2v) is 16.1. The maximum atomic E-state index is 4.94. The molecule has 4 heteroatoms. The van der Waals surface area contributed by atoms with Crippen molar-refractivity contribution in [2.45, 2.75) is 218 Å². The van der Waals surface area contributed by atoms with E-state index in [-0.39, 0.29) is 22.2 Å². The standard InChI is InChI=1S/C36H70N4/c1-33(2)27-31(28-34(3,4)39-33)37-25-23-21-19-17-15-13-11-9-10-12-14-16-18-20-22-24-26-38-32-29-35(5,6)40-36(7,8)30-32/h25-26,31-32,39-40H,9-24,27-30H2,1-8H3. The summed E-state index contributed by atoms with van der Waals surface area (Å²) < 4.78 is 0. The highest BCUT2D eigenvalue weighted by molar-refractivity contribution is 5.57. The van der Waals surface area contributed by atoms with Gasteiger partial charge < -0.3 is 10.6 Å². The molecule has 0 aromatic rings. The zero-order valence-corrected chi connectivity index (χ0v) is 28.3. The summed E-state index contributed by atoms with van der Waals surface area (Å²) in [6.45, 7) is 18.5. The largest absolute Gasteiger partial charge is 0.307 e. The molecule has 0 unspecified atom stereocenters. The highest BCUT2D eigenvalue weighted by atomic mass is 15.1. The fourth-order valence-corrected chi connectivity index (χ4v) is 7.79. The molecule has 0 aliphatic carbocycles. The van der Waals surface area contributed by atoms with Gasteiger partial charge in [0, 0.05) is 22.2 Å². The van der Waals surface area contributed by atoms with Gasteiger partial charge in [0.15, 0.2) is 0 Å². The summed E-state index contributed by atoms with van der Waals surface area (Å²) in [6.07, 6.45) is 31.0. The van der Waals surface area contributed by atoms with Crippen LogP contribution in [0.25, 0.3) is 0 Å². The van der Waals surface area contributed by atoms with Crippen molar-refractivity contribution in [2.75, 3.05) is 0 Å². The zero-order valence-electron chi connectivity index (χ0n) is 28.3. The molecule has 40 heavy (non-hydrogen) atoms. The van der Waals surface area contributed by atoms with Crippen LogP contribution in [0.1, 0.15) is 184 Å². The Morgan fingerprint density at radius 3 is 0.900 bits per heavy atom. The Labute approximate surface area is 250 Å². The maximum absolute atomic E-state index is 4.94. The molecule has 0 atom stereocenters. The molecule has 0 bridgehead atoms. The first kappa shape index (κ1) is 35.5. The summed E-state index contributed by atoms with van der Waals surface area (Å²) in [7, 11) is 0. The maximum Gasteiger partial charge on any atom is 0.0530 e. The average Bonchev–Trinajstić information content (AvgIpc) is 2.79. The van der Waals surface area contributed by atoms with E-state index in [1.165, 1.54) is 89.9 Å². The third kappa shape index (κ3) is 16.6. The lowest BCUT2D eigenvalue weighted by Gasteiger charge is -2.45. The van der Waals surface area contributed by atoms with Gasteiger partial charge in [-0.2, -0.15) is 0 Å². The van der Waals surface area contributed by atoms with Gasteiger partial charge in [-0.25, -0.2) is 0 Å². The predicted molar refractivity (Wildman–Crippen MR) is 179 cm³/mol. The smallest absolute Gasteiger partial charge is 0.0530 e. The van der Waals surface area contributed by atoms with Crippen molar-refractivity contribution in [3.63, 3.8) is 0 Å². The van der Waals surface area contributed by atoms with Gasteiger partial charge in [-0.05, 0) is 119 Å². The van der Waals surface area contributed by atoms with Crippen LogP contribution in [0.4, 0.5) is 0 Å². The second-order valence-electron chi connectivity index (χ2n) is 16.1. The molecule has 2 aliphatic rings. The highest BCUT2D eigenvalue weighted by Crippen LogP contribution is 2.31. The zero-order chi connectivity index (χ0) is 29.5. The fourth-order valence-electron chi connectivity index (χ4n) is 7.79. The minimum Gasteiger partial charge on any atom is -0.307 e. The van der Waals surface area contributed by atoms with E-state index in [2.05, 4.69) is 78.5 Å². The van der Waals surface area contributed by atoms with E-state index >= 15 is 0 Å². The highest BCUT2D eigenvalue weighted by Gasteiger charge is 2.38. The van der Waals surface area contributed by atoms with Crippen LogP contribution in [-0.4, -0.2) is 46.7 Å². The number of hydrogen-bond acceptors (Lipinski definition) is 4. The molecule has 0 aromatic heterocycles. The van der Waals surface area contributed by atoms with Crippen LogP contribution in [0.3, 0.4) is 0 Å². The molecule has 2 fully saturated rings. The minimum atomic E-state index is 0.197. The Hall–Kier alpha value is -0.740. The Balaban J connectivity index is 1.32. The number of rotatable bonds is 19. The molecule has 2 N–H and O–H groups in total. The van der Waals surface area contributed by atoms with E-state index in [0.717, 1.165) is 38.5 Å². The molecule has 2 rings (SSSR count). The summed E-state index contributed by atoms with van der Waals surface area (Å²) in [5, 5.41) is 7.51. The first-order chi connectivity index (χ1) is 18.8. The van der Waals surface area contributed by atoms with Crippen molar-refractivity contribution in [1.29, 1.82) is 0 Å². The second kappa shape index (κ2) is 17.4. The van der Waals surface area contributed by atoms with Gasteiger partial charge in [0.2, 0.25) is 0 Å². The number of aliphatic imine (C=N–C) groups is 2.